The SMILES string of the molecule is CN1CCOC(CN(C)S(=O)(=O)c2ccc(C(=O)O)cc2)C1. The lowest BCUT2D eigenvalue weighted by Crippen LogP contribution is -2.46. The first kappa shape index (κ1) is 16.9. The Bertz CT molecular complexity index is 629. The molecular formula is C14H20N2O5S. The molecule has 1 saturated heterocycles. The molecule has 1 atom stereocenters. The minimum absolute atomic E-state index is 0.0545. The number of aromatic carboxylic acids is 1. The maximum Gasteiger partial charge on any atom is 0.335 e. The predicted octanol–water partition coefficient (Wildman–Crippen LogP) is 0.336. The van der Waals surface area contributed by atoms with Crippen LogP contribution in [-0.2, 0) is 14.8 Å². The van der Waals surface area contributed by atoms with Gasteiger partial charge in [0.2, 0.25) is 10.0 Å². The summed E-state index contributed by atoms with van der Waals surface area (Å²) in [7, 11) is -0.191. The molecule has 1 N–H and O–H groups in total. The highest BCUT2D eigenvalue weighted by atomic mass is 32.2. The first-order chi connectivity index (χ1) is 10.3. The van der Waals surface area contributed by atoms with Gasteiger partial charge < -0.3 is 14.7 Å². The van der Waals surface area contributed by atoms with Crippen LogP contribution in [0, 0.1) is 0 Å². The molecule has 0 spiro atoms. The summed E-state index contributed by atoms with van der Waals surface area (Å²) in [5.41, 5.74) is 0.0545. The van der Waals surface area contributed by atoms with Crippen molar-refractivity contribution in [3.8, 4) is 0 Å². The van der Waals surface area contributed by atoms with Gasteiger partial charge in [0.05, 0.1) is 23.2 Å². The molecule has 1 aliphatic heterocycles. The average molecular weight is 328 g/mol. The molecule has 22 heavy (non-hydrogen) atoms. The molecule has 122 valence electrons. The smallest absolute Gasteiger partial charge is 0.335 e. The van der Waals surface area contributed by atoms with Crippen LogP contribution >= 0.6 is 0 Å². The number of rotatable bonds is 5. The van der Waals surface area contributed by atoms with Gasteiger partial charge in [-0.2, -0.15) is 4.31 Å². The number of benzene rings is 1. The Balaban J connectivity index is 2.09. The second-order valence-electron chi connectivity index (χ2n) is 5.37. The number of nitrogens with zero attached hydrogens (tertiary/aromatic N) is 2. The number of hydrogen-bond donors (Lipinski definition) is 1. The molecule has 1 aliphatic rings. The van der Waals surface area contributed by atoms with Gasteiger partial charge in [-0.3, -0.25) is 0 Å². The quantitative estimate of drug-likeness (QED) is 0.838. The topological polar surface area (TPSA) is 87.2 Å². The van der Waals surface area contributed by atoms with Crippen LogP contribution in [0.5, 0.6) is 0 Å². The summed E-state index contributed by atoms with van der Waals surface area (Å²) in [6, 6.07) is 5.19. The summed E-state index contributed by atoms with van der Waals surface area (Å²) < 4.78 is 31.8. The van der Waals surface area contributed by atoms with Crippen LogP contribution in [0.1, 0.15) is 10.4 Å². The predicted molar refractivity (Wildman–Crippen MR) is 80.5 cm³/mol. The Morgan fingerprint density at radius 2 is 2.05 bits per heavy atom. The second-order valence-corrected chi connectivity index (χ2v) is 7.41. The molecule has 8 heteroatoms. The molecule has 1 aromatic carbocycles. The second kappa shape index (κ2) is 6.74. The number of carbonyl (C=O) groups is 1. The number of sulfonamides is 1. The van der Waals surface area contributed by atoms with Gasteiger partial charge in [-0.25, -0.2) is 13.2 Å². The van der Waals surface area contributed by atoms with Crippen LogP contribution in [0.2, 0.25) is 0 Å². The van der Waals surface area contributed by atoms with E-state index in [1.54, 1.807) is 0 Å². The molecular weight excluding hydrogens is 308 g/mol. The highest BCUT2D eigenvalue weighted by molar-refractivity contribution is 7.89. The minimum Gasteiger partial charge on any atom is -0.478 e. The third kappa shape index (κ3) is 3.83. The van der Waals surface area contributed by atoms with E-state index in [0.29, 0.717) is 13.2 Å². The molecule has 1 heterocycles. The van der Waals surface area contributed by atoms with Crippen molar-refractivity contribution in [3.63, 3.8) is 0 Å². The van der Waals surface area contributed by atoms with E-state index in [1.165, 1.54) is 35.6 Å². The fourth-order valence-corrected chi connectivity index (χ4v) is 3.51. The van der Waals surface area contributed by atoms with Crippen LogP contribution in [0.3, 0.4) is 0 Å². The zero-order valence-electron chi connectivity index (χ0n) is 12.6. The normalized spacial score (nSPS) is 20.2. The zero-order chi connectivity index (χ0) is 16.3. The van der Waals surface area contributed by atoms with Crippen LogP contribution in [0.4, 0.5) is 0 Å². The maximum absolute atomic E-state index is 12.5. The van der Waals surface area contributed by atoms with Crippen molar-refractivity contribution in [1.82, 2.24) is 9.21 Å². The van der Waals surface area contributed by atoms with Crippen molar-refractivity contribution in [1.29, 1.82) is 0 Å². The number of likely N-dealkylation sites (N-methyl/N-ethyl adjacent to an activating group) is 2. The number of carboxylic acids is 1. The Morgan fingerprint density at radius 3 is 2.59 bits per heavy atom. The Hall–Kier alpha value is -1.48. The summed E-state index contributed by atoms with van der Waals surface area (Å²) in [5, 5.41) is 8.85. The van der Waals surface area contributed by atoms with Crippen molar-refractivity contribution in [2.45, 2.75) is 11.0 Å². The van der Waals surface area contributed by atoms with E-state index >= 15 is 0 Å². The molecule has 0 saturated carbocycles. The van der Waals surface area contributed by atoms with Gasteiger partial charge in [-0.05, 0) is 31.3 Å². The van der Waals surface area contributed by atoms with Gasteiger partial charge >= 0.3 is 5.97 Å². The lowest BCUT2D eigenvalue weighted by atomic mass is 10.2. The zero-order valence-corrected chi connectivity index (χ0v) is 13.4. The summed E-state index contributed by atoms with van der Waals surface area (Å²) in [5.74, 6) is -1.09. The highest BCUT2D eigenvalue weighted by Crippen LogP contribution is 2.17. The molecule has 1 unspecified atom stereocenters. The lowest BCUT2D eigenvalue weighted by molar-refractivity contribution is -0.0247. The Kier molecular flexibility index (Phi) is 5.17. The van der Waals surface area contributed by atoms with Crippen LogP contribution < -0.4 is 0 Å². The van der Waals surface area contributed by atoms with Crippen molar-refractivity contribution < 1.29 is 23.1 Å². The summed E-state index contributed by atoms with van der Waals surface area (Å²) in [6.07, 6.45) is -0.170. The Morgan fingerprint density at radius 1 is 1.41 bits per heavy atom. The third-order valence-electron chi connectivity index (χ3n) is 3.61. The van der Waals surface area contributed by atoms with E-state index in [-0.39, 0.29) is 23.1 Å². The van der Waals surface area contributed by atoms with Gasteiger partial charge in [0.25, 0.3) is 0 Å². The average Bonchev–Trinajstić information content (AvgIpc) is 2.47. The number of morpholine rings is 1. The molecule has 7 nitrogen and oxygen atoms in total. The van der Waals surface area contributed by atoms with Gasteiger partial charge in [0.1, 0.15) is 0 Å². The summed E-state index contributed by atoms with van der Waals surface area (Å²) >= 11 is 0. The fraction of sp³-hybridized carbons (Fsp3) is 0.500. The molecule has 2 rings (SSSR count). The summed E-state index contributed by atoms with van der Waals surface area (Å²) in [4.78, 5) is 13.0. The van der Waals surface area contributed by atoms with E-state index in [0.717, 1.165) is 6.54 Å². The van der Waals surface area contributed by atoms with Gasteiger partial charge in [0, 0.05) is 26.7 Å². The molecule has 0 aromatic heterocycles. The van der Waals surface area contributed by atoms with Crippen molar-refractivity contribution >= 4 is 16.0 Å². The van der Waals surface area contributed by atoms with E-state index in [2.05, 4.69) is 4.90 Å². The largest absolute Gasteiger partial charge is 0.478 e. The van der Waals surface area contributed by atoms with E-state index < -0.39 is 16.0 Å². The minimum atomic E-state index is -3.66. The van der Waals surface area contributed by atoms with Gasteiger partial charge in [-0.15, -0.1) is 0 Å². The van der Waals surface area contributed by atoms with E-state index in [4.69, 9.17) is 9.84 Å². The first-order valence-electron chi connectivity index (χ1n) is 6.90. The summed E-state index contributed by atoms with van der Waals surface area (Å²) in [6.45, 7) is 2.36. The van der Waals surface area contributed by atoms with Gasteiger partial charge in [-0.1, -0.05) is 0 Å². The van der Waals surface area contributed by atoms with E-state index in [1.807, 2.05) is 7.05 Å². The lowest BCUT2D eigenvalue weighted by Gasteiger charge is -2.32. The van der Waals surface area contributed by atoms with Crippen LogP contribution in [0.25, 0.3) is 0 Å². The first-order valence-corrected chi connectivity index (χ1v) is 8.34. The number of ether oxygens (including phenoxy) is 1. The third-order valence-corrected chi connectivity index (χ3v) is 5.45. The number of carboxylic acid groups (broad SMARTS) is 1. The maximum atomic E-state index is 12.5. The molecule has 1 aromatic rings. The monoisotopic (exact) mass is 328 g/mol. The standard InChI is InChI=1S/C14H20N2O5S/c1-15-7-8-21-12(9-15)10-16(2)22(19,20)13-5-3-11(4-6-13)14(17)18/h3-6,12H,7-10H2,1-2H3,(H,17,18). The van der Waals surface area contributed by atoms with Crippen molar-refractivity contribution in [2.24, 2.45) is 0 Å². The molecule has 0 aliphatic carbocycles. The highest BCUT2D eigenvalue weighted by Gasteiger charge is 2.26. The van der Waals surface area contributed by atoms with Crippen LogP contribution in [-0.4, -0.2) is 75.1 Å². The van der Waals surface area contributed by atoms with Crippen molar-refractivity contribution in [3.05, 3.63) is 29.8 Å². The van der Waals surface area contributed by atoms with Crippen LogP contribution in [0.15, 0.2) is 29.2 Å². The molecule has 0 bridgehead atoms. The Labute approximate surface area is 130 Å². The molecule has 0 amide bonds. The fourth-order valence-electron chi connectivity index (χ4n) is 2.31. The van der Waals surface area contributed by atoms with Gasteiger partial charge in [0.15, 0.2) is 0 Å². The number of hydrogen-bond acceptors (Lipinski definition) is 5. The van der Waals surface area contributed by atoms with E-state index in [9.17, 15) is 13.2 Å². The molecule has 0 radical (unpaired) electrons. The molecule has 1 fully saturated rings. The van der Waals surface area contributed by atoms with Crippen molar-refractivity contribution in [2.75, 3.05) is 40.3 Å².